The molecule has 4 aromatic rings. The number of hydrogen-bond acceptors (Lipinski definition) is 0. The van der Waals surface area contributed by atoms with Crippen molar-refractivity contribution < 1.29 is 21.3 Å². The van der Waals surface area contributed by atoms with Crippen LogP contribution in [0.2, 0.25) is 0 Å². The molecule has 180 valence electrons. The van der Waals surface area contributed by atoms with Crippen LogP contribution in [-0.2, 0) is 21.3 Å². The molecule has 2 atom stereocenters. The second kappa shape index (κ2) is 11.0. The van der Waals surface area contributed by atoms with E-state index in [1.165, 1.54) is 55.7 Å². The summed E-state index contributed by atoms with van der Waals surface area (Å²) in [6, 6.07) is 35.4. The van der Waals surface area contributed by atoms with Gasteiger partial charge in [0.1, 0.15) is 0 Å². The summed E-state index contributed by atoms with van der Waals surface area (Å²) in [5.74, 6) is 0. The monoisotopic (exact) mass is 586 g/mol. The van der Waals surface area contributed by atoms with Crippen LogP contribution in [0.1, 0.15) is 43.4 Å². The molecule has 0 aliphatic heterocycles. The molecule has 0 saturated carbocycles. The standard InChI is InChI=1S/2C16H13.CH2.2ClH.Zr/c2*1-12-10-14-8-5-9-15(16(14)11-12)13-6-3-2-4-7-13;;;;/h2*2-11H,1H3;1H2;2*1H;. The molecule has 36 heavy (non-hydrogen) atoms. The van der Waals surface area contributed by atoms with Gasteiger partial charge in [0.15, 0.2) is 0 Å². The average Bonchev–Trinajstić information content (AvgIpc) is 3.39. The van der Waals surface area contributed by atoms with E-state index >= 15 is 0 Å². The number of fused-ring (bicyclic) bond motifs is 2. The molecule has 0 heterocycles. The van der Waals surface area contributed by atoms with Crippen LogP contribution in [0.15, 0.2) is 108 Å². The zero-order chi connectivity index (χ0) is 23.2. The van der Waals surface area contributed by atoms with Crippen molar-refractivity contribution in [2.75, 3.05) is 0 Å². The van der Waals surface area contributed by atoms with Crippen LogP contribution in [0.3, 0.4) is 0 Å². The van der Waals surface area contributed by atoms with Crippen LogP contribution in [0.5, 0.6) is 0 Å². The van der Waals surface area contributed by atoms with E-state index in [0.717, 1.165) is 0 Å². The van der Waals surface area contributed by atoms with E-state index in [4.69, 9.17) is 4.21 Å². The molecule has 2 aliphatic rings. The number of rotatable bonds is 4. The van der Waals surface area contributed by atoms with Crippen molar-refractivity contribution in [2.24, 2.45) is 0 Å². The van der Waals surface area contributed by atoms with Gasteiger partial charge in [0, 0.05) is 0 Å². The first-order valence-corrected chi connectivity index (χ1v) is 16.6. The molecule has 6 rings (SSSR count). The van der Waals surface area contributed by atoms with Crippen LogP contribution in [0.4, 0.5) is 0 Å². The van der Waals surface area contributed by atoms with Crippen molar-refractivity contribution >= 4 is 41.2 Å². The van der Waals surface area contributed by atoms with Gasteiger partial charge >= 0.3 is 211 Å². The third kappa shape index (κ3) is 4.47. The number of benzene rings is 4. The van der Waals surface area contributed by atoms with Crippen LogP contribution >= 0.6 is 24.8 Å². The summed E-state index contributed by atoms with van der Waals surface area (Å²) in [4.78, 5) is 0. The minimum absolute atomic E-state index is 0. The van der Waals surface area contributed by atoms with E-state index in [0.29, 0.717) is 7.25 Å². The molecule has 2 aliphatic carbocycles. The first kappa shape index (κ1) is 26.7. The van der Waals surface area contributed by atoms with Gasteiger partial charge < -0.3 is 0 Å². The molecule has 0 N–H and O–H groups in total. The fourth-order valence-electron chi connectivity index (χ4n) is 5.99. The summed E-state index contributed by atoms with van der Waals surface area (Å²) in [5.41, 5.74) is 14.1. The molecule has 0 radical (unpaired) electrons. The van der Waals surface area contributed by atoms with Gasteiger partial charge in [0.25, 0.3) is 0 Å². The zero-order valence-corrected chi connectivity index (χ0v) is 24.7. The Morgan fingerprint density at radius 2 is 0.917 bits per heavy atom. The fourth-order valence-corrected chi connectivity index (χ4v) is 13.3. The Morgan fingerprint density at radius 3 is 1.31 bits per heavy atom. The summed E-state index contributed by atoms with van der Waals surface area (Å²) in [6.45, 7) is 4.67. The minimum atomic E-state index is -2.24. The summed E-state index contributed by atoms with van der Waals surface area (Å²) < 4.78 is 6.05. The third-order valence-electron chi connectivity index (χ3n) is 7.47. The molecule has 0 aromatic heterocycles. The predicted molar refractivity (Wildman–Crippen MR) is 158 cm³/mol. The summed E-state index contributed by atoms with van der Waals surface area (Å²) in [5, 5.41) is 0. The normalized spacial score (nSPS) is 17.2. The van der Waals surface area contributed by atoms with Crippen molar-refractivity contribution in [2.45, 2.75) is 21.1 Å². The van der Waals surface area contributed by atoms with Gasteiger partial charge in [-0.1, -0.05) is 0 Å². The summed E-state index contributed by atoms with van der Waals surface area (Å²) in [7, 11) is 0. The van der Waals surface area contributed by atoms with Gasteiger partial charge in [0.05, 0.1) is 0 Å². The topological polar surface area (TPSA) is 0 Å². The van der Waals surface area contributed by atoms with Crippen molar-refractivity contribution in [3.05, 3.63) is 130 Å². The molecular weight excluding hydrogens is 558 g/mol. The van der Waals surface area contributed by atoms with Crippen LogP contribution < -0.4 is 0 Å². The maximum atomic E-state index is 5.02. The molecule has 0 nitrogen and oxygen atoms in total. The quantitative estimate of drug-likeness (QED) is 0.223. The Labute approximate surface area is 234 Å². The average molecular weight is 589 g/mol. The molecule has 4 aromatic carbocycles. The van der Waals surface area contributed by atoms with Gasteiger partial charge in [-0.3, -0.25) is 0 Å². The molecule has 3 heteroatoms. The van der Waals surface area contributed by atoms with Gasteiger partial charge in [-0.15, -0.1) is 24.8 Å². The fraction of sp³-hybridized carbons (Fsp3) is 0.121. The first-order chi connectivity index (χ1) is 16.6. The SMILES string of the molecule is Cl.Cl.[CH2]=[Zr]([CH]1C(C)=Cc2c(-c3ccccc3)cccc21)[CH]1C(C)=Cc2c(-c3ccccc3)cccc21. The van der Waals surface area contributed by atoms with Gasteiger partial charge in [-0.05, 0) is 0 Å². The van der Waals surface area contributed by atoms with E-state index in [9.17, 15) is 0 Å². The van der Waals surface area contributed by atoms with Gasteiger partial charge in [-0.25, -0.2) is 0 Å². The van der Waals surface area contributed by atoms with Crippen LogP contribution in [-0.4, -0.2) is 4.21 Å². The molecule has 0 bridgehead atoms. The van der Waals surface area contributed by atoms with Gasteiger partial charge in [0.2, 0.25) is 0 Å². The summed E-state index contributed by atoms with van der Waals surface area (Å²) >= 11 is -2.24. The van der Waals surface area contributed by atoms with Crippen LogP contribution in [0, 0.1) is 0 Å². The van der Waals surface area contributed by atoms with E-state index in [-0.39, 0.29) is 24.8 Å². The number of hydrogen-bond donors (Lipinski definition) is 0. The van der Waals surface area contributed by atoms with Crippen molar-refractivity contribution in [1.29, 1.82) is 0 Å². The van der Waals surface area contributed by atoms with Crippen molar-refractivity contribution in [3.8, 4) is 22.3 Å². The predicted octanol–water partition coefficient (Wildman–Crippen LogP) is 9.53. The Kier molecular flexibility index (Phi) is 8.16. The second-order valence-electron chi connectivity index (χ2n) is 9.57. The Hall–Kier alpha value is -2.31. The zero-order valence-electron chi connectivity index (χ0n) is 20.6. The van der Waals surface area contributed by atoms with E-state index in [2.05, 4.69) is 123 Å². The maximum absolute atomic E-state index is 5.02. The molecular formula is C33H30Cl2Zr. The number of allylic oxidation sites excluding steroid dienone is 2. The Bertz CT molecular complexity index is 1370. The molecule has 0 saturated heterocycles. The first-order valence-electron chi connectivity index (χ1n) is 12.0. The van der Waals surface area contributed by atoms with E-state index < -0.39 is 21.3 Å². The van der Waals surface area contributed by atoms with Crippen molar-refractivity contribution in [1.82, 2.24) is 0 Å². The molecule has 0 fully saturated rings. The Morgan fingerprint density at radius 1 is 0.528 bits per heavy atom. The van der Waals surface area contributed by atoms with Gasteiger partial charge in [-0.2, -0.15) is 0 Å². The van der Waals surface area contributed by atoms with Crippen molar-refractivity contribution in [3.63, 3.8) is 0 Å². The van der Waals surface area contributed by atoms with E-state index in [1.807, 2.05) is 0 Å². The van der Waals surface area contributed by atoms with Crippen LogP contribution in [0.25, 0.3) is 34.4 Å². The van der Waals surface area contributed by atoms with E-state index in [1.54, 1.807) is 0 Å². The molecule has 2 unspecified atom stereocenters. The second-order valence-corrected chi connectivity index (χ2v) is 15.2. The molecule has 0 amide bonds. The Balaban J connectivity index is 0.00000152. The third-order valence-corrected chi connectivity index (χ3v) is 14.9. The summed E-state index contributed by atoms with van der Waals surface area (Å²) in [6.07, 6.45) is 4.90. The number of halogens is 2. The molecule has 0 spiro atoms.